The SMILES string of the molecule is O=C(CC1C[C@]2(F)C[C@@H]1C2)N[C@@H](c1cnn2cc([C@@H](NC(=O)c3nonc3C3CC3)C3CCC(F)(F)CC3)nc2c1)C1CC1. The maximum atomic E-state index is 14.4. The third-order valence-electron chi connectivity index (χ3n) is 10.7. The normalized spacial score (nSPS) is 29.2. The minimum Gasteiger partial charge on any atom is -0.349 e. The molecule has 6 aliphatic rings. The van der Waals surface area contributed by atoms with Crippen molar-refractivity contribution >= 4 is 17.5 Å². The first kappa shape index (κ1) is 28.0. The van der Waals surface area contributed by atoms with Crippen molar-refractivity contribution in [1.29, 1.82) is 0 Å². The molecule has 0 aromatic carbocycles. The summed E-state index contributed by atoms with van der Waals surface area (Å²) in [4.78, 5) is 31.3. The monoisotopic (exact) mass is 611 g/mol. The van der Waals surface area contributed by atoms with E-state index in [4.69, 9.17) is 9.61 Å². The summed E-state index contributed by atoms with van der Waals surface area (Å²) in [6.07, 6.45) is 9.22. The zero-order chi connectivity index (χ0) is 30.2. The third kappa shape index (κ3) is 5.36. The summed E-state index contributed by atoms with van der Waals surface area (Å²) in [7, 11) is 0. The number of hydrogen-bond donors (Lipinski definition) is 2. The van der Waals surface area contributed by atoms with Crippen LogP contribution in [0.5, 0.6) is 0 Å². The molecule has 0 aliphatic heterocycles. The van der Waals surface area contributed by atoms with E-state index in [0.717, 1.165) is 31.2 Å². The molecule has 234 valence electrons. The molecule has 2 N–H and O–H groups in total. The molecule has 3 heterocycles. The topological polar surface area (TPSA) is 127 Å². The van der Waals surface area contributed by atoms with Gasteiger partial charge < -0.3 is 10.6 Å². The fraction of sp³-hybridized carbons (Fsp3) is 0.677. The van der Waals surface area contributed by atoms with Crippen LogP contribution in [-0.4, -0.2) is 48.3 Å². The van der Waals surface area contributed by atoms with Crippen molar-refractivity contribution in [3.05, 3.63) is 41.1 Å². The van der Waals surface area contributed by atoms with E-state index in [2.05, 4.69) is 26.0 Å². The van der Waals surface area contributed by atoms with Crippen molar-refractivity contribution in [2.45, 2.75) is 107 Å². The zero-order valence-corrected chi connectivity index (χ0v) is 24.4. The van der Waals surface area contributed by atoms with Gasteiger partial charge >= 0.3 is 0 Å². The first-order valence-electron chi connectivity index (χ1n) is 16.0. The molecule has 3 aromatic heterocycles. The van der Waals surface area contributed by atoms with Gasteiger partial charge in [-0.05, 0) is 98.2 Å². The number of imidazole rings is 1. The molecule has 6 fully saturated rings. The van der Waals surface area contributed by atoms with E-state index in [0.29, 0.717) is 54.6 Å². The van der Waals surface area contributed by atoms with Gasteiger partial charge in [0.15, 0.2) is 11.3 Å². The van der Waals surface area contributed by atoms with E-state index in [1.54, 1.807) is 16.9 Å². The Morgan fingerprint density at radius 3 is 2.41 bits per heavy atom. The number of rotatable bonds is 10. The number of carbonyl (C=O) groups is 2. The molecule has 13 heteroatoms. The first-order valence-corrected chi connectivity index (χ1v) is 16.0. The minimum atomic E-state index is -2.72. The van der Waals surface area contributed by atoms with E-state index in [9.17, 15) is 22.8 Å². The summed E-state index contributed by atoms with van der Waals surface area (Å²) >= 11 is 0. The van der Waals surface area contributed by atoms with E-state index in [1.807, 2.05) is 6.07 Å². The maximum absolute atomic E-state index is 14.4. The van der Waals surface area contributed by atoms with Crippen molar-refractivity contribution < 1.29 is 27.4 Å². The second kappa shape index (κ2) is 10.3. The average molecular weight is 612 g/mol. The number of hydrogen-bond acceptors (Lipinski definition) is 7. The summed E-state index contributed by atoms with van der Waals surface area (Å²) in [5.74, 6) is -2.62. The Bertz CT molecular complexity index is 1580. The number of nitrogens with one attached hydrogen (secondary N) is 2. The fourth-order valence-electron chi connectivity index (χ4n) is 7.87. The minimum absolute atomic E-state index is 0.0586. The van der Waals surface area contributed by atoms with Crippen LogP contribution in [0.3, 0.4) is 0 Å². The number of nitrogens with zero attached hydrogens (tertiary/aromatic N) is 5. The van der Waals surface area contributed by atoms with Gasteiger partial charge in [-0.25, -0.2) is 27.3 Å². The summed E-state index contributed by atoms with van der Waals surface area (Å²) in [6, 6.07) is 1.04. The van der Waals surface area contributed by atoms with E-state index < -0.39 is 23.5 Å². The molecule has 2 amide bonds. The Labute approximate surface area is 251 Å². The molecule has 44 heavy (non-hydrogen) atoms. The van der Waals surface area contributed by atoms with Crippen LogP contribution in [0.1, 0.15) is 122 Å². The van der Waals surface area contributed by atoms with Crippen LogP contribution in [0.4, 0.5) is 13.2 Å². The fourth-order valence-corrected chi connectivity index (χ4v) is 7.87. The molecular weight excluding hydrogens is 575 g/mol. The predicted molar refractivity (Wildman–Crippen MR) is 149 cm³/mol. The standard InChI is InChI=1S/C31H36F3N7O3/c32-30-11-19(21(12-30)13-30)10-24(42)37-25(16-1-2-16)20-9-23-36-22(15-41(23)35-14-20)26(18-5-7-31(33,34)8-6-18)38-29(43)28-27(17-3-4-17)39-44-40-28/h9,14-19,21,25-26H,1-8,10-13H2,(H,37,42)(H,38,43)/t19?,21-,25-,26+,30+/m1/s1. The highest BCUT2D eigenvalue weighted by atomic mass is 19.3. The van der Waals surface area contributed by atoms with Crippen LogP contribution >= 0.6 is 0 Å². The lowest BCUT2D eigenvalue weighted by molar-refractivity contribution is -0.123. The van der Waals surface area contributed by atoms with Crippen LogP contribution in [-0.2, 0) is 4.79 Å². The lowest BCUT2D eigenvalue weighted by Crippen LogP contribution is -2.37. The average Bonchev–Trinajstić information content (AvgIpc) is 3.85. The highest BCUT2D eigenvalue weighted by molar-refractivity contribution is 5.93. The summed E-state index contributed by atoms with van der Waals surface area (Å²) < 4.78 is 49.0. The largest absolute Gasteiger partial charge is 0.349 e. The van der Waals surface area contributed by atoms with Crippen molar-refractivity contribution in [3.8, 4) is 0 Å². The van der Waals surface area contributed by atoms with Gasteiger partial charge in [-0.3, -0.25) is 9.59 Å². The Hall–Kier alpha value is -3.51. The van der Waals surface area contributed by atoms with E-state index >= 15 is 0 Å². The van der Waals surface area contributed by atoms with Crippen LogP contribution in [0, 0.1) is 23.7 Å². The highest BCUT2D eigenvalue weighted by Gasteiger charge is 2.57. The predicted octanol–water partition coefficient (Wildman–Crippen LogP) is 5.38. The number of carbonyl (C=O) groups excluding carboxylic acids is 2. The van der Waals surface area contributed by atoms with Crippen molar-refractivity contribution in [3.63, 3.8) is 0 Å². The smallest absolute Gasteiger partial charge is 0.276 e. The Balaban J connectivity index is 1.03. The summed E-state index contributed by atoms with van der Waals surface area (Å²) in [5, 5.41) is 18.6. The maximum Gasteiger partial charge on any atom is 0.276 e. The van der Waals surface area contributed by atoms with E-state index in [1.165, 1.54) is 0 Å². The molecule has 9 rings (SSSR count). The van der Waals surface area contributed by atoms with Gasteiger partial charge in [0.2, 0.25) is 11.8 Å². The van der Waals surface area contributed by atoms with Crippen molar-refractivity contribution in [1.82, 2.24) is 35.5 Å². The molecule has 3 atom stereocenters. The zero-order valence-electron chi connectivity index (χ0n) is 24.4. The summed E-state index contributed by atoms with van der Waals surface area (Å²) in [6.45, 7) is 0. The lowest BCUT2D eigenvalue weighted by atomic mass is 9.80. The van der Waals surface area contributed by atoms with Gasteiger partial charge in [0.1, 0.15) is 11.4 Å². The van der Waals surface area contributed by atoms with Crippen LogP contribution < -0.4 is 10.6 Å². The number of aromatic nitrogens is 5. The number of halogens is 3. The van der Waals surface area contributed by atoms with Crippen molar-refractivity contribution in [2.75, 3.05) is 0 Å². The molecule has 6 aliphatic carbocycles. The Morgan fingerprint density at radius 1 is 0.977 bits per heavy atom. The van der Waals surface area contributed by atoms with Crippen molar-refractivity contribution in [2.24, 2.45) is 23.7 Å². The van der Waals surface area contributed by atoms with Gasteiger partial charge in [-0.1, -0.05) is 5.16 Å². The molecule has 0 spiro atoms. The highest BCUT2D eigenvalue weighted by Crippen LogP contribution is 2.59. The molecule has 1 unspecified atom stereocenters. The van der Waals surface area contributed by atoms with Gasteiger partial charge in [-0.15, -0.1) is 0 Å². The van der Waals surface area contributed by atoms with E-state index in [-0.39, 0.29) is 61.1 Å². The molecule has 6 saturated carbocycles. The number of amides is 2. The van der Waals surface area contributed by atoms with Gasteiger partial charge in [0.05, 0.1) is 30.2 Å². The van der Waals surface area contributed by atoms with Gasteiger partial charge in [-0.2, -0.15) is 5.10 Å². The third-order valence-corrected chi connectivity index (χ3v) is 10.7. The Kier molecular flexibility index (Phi) is 6.53. The Morgan fingerprint density at radius 2 is 1.73 bits per heavy atom. The van der Waals surface area contributed by atoms with Gasteiger partial charge in [0, 0.05) is 25.2 Å². The molecule has 0 radical (unpaired) electrons. The van der Waals surface area contributed by atoms with Crippen LogP contribution in [0.25, 0.3) is 5.65 Å². The second-order valence-electron chi connectivity index (χ2n) is 14.0. The summed E-state index contributed by atoms with van der Waals surface area (Å²) in [5.41, 5.74) is 1.50. The second-order valence-corrected chi connectivity index (χ2v) is 14.0. The van der Waals surface area contributed by atoms with Crippen LogP contribution in [0.15, 0.2) is 23.1 Å². The molecule has 3 aromatic rings. The van der Waals surface area contributed by atoms with Crippen LogP contribution in [0.2, 0.25) is 0 Å². The molecule has 10 nitrogen and oxygen atoms in total. The number of alkyl halides is 3. The lowest BCUT2D eigenvalue weighted by Gasteiger charge is -2.33. The van der Waals surface area contributed by atoms with Gasteiger partial charge in [0.25, 0.3) is 5.91 Å². The number of fused-ring (bicyclic) bond motifs is 2. The molecule has 0 saturated heterocycles. The molecular formula is C31H36F3N7O3. The first-order chi connectivity index (χ1) is 21.1. The molecule has 2 bridgehead atoms. The quantitative estimate of drug-likeness (QED) is 0.315.